The summed E-state index contributed by atoms with van der Waals surface area (Å²) in [6.45, 7) is 1.19. The maximum Gasteiger partial charge on any atom is 0.251 e. The van der Waals surface area contributed by atoms with Crippen molar-refractivity contribution in [2.24, 2.45) is 5.16 Å². The van der Waals surface area contributed by atoms with Crippen molar-refractivity contribution >= 4 is 69.4 Å². The number of likely N-dealkylation sites (tertiary alicyclic amines) is 1. The van der Waals surface area contributed by atoms with Gasteiger partial charge in [0.1, 0.15) is 12.3 Å². The van der Waals surface area contributed by atoms with Gasteiger partial charge in [-0.2, -0.15) is 0 Å². The smallest absolute Gasteiger partial charge is 0.251 e. The number of nitrogens with zero attached hydrogens (tertiary/aromatic N) is 4. The van der Waals surface area contributed by atoms with Crippen LogP contribution >= 0.6 is 57.7 Å². The molecule has 188 valence electrons. The zero-order valence-corrected chi connectivity index (χ0v) is 22.6. The van der Waals surface area contributed by atoms with E-state index in [0.717, 1.165) is 29.3 Å². The first kappa shape index (κ1) is 25.5. The SMILES string of the molecule is O=C(Cn1cc(Cl)ccc1=O)N1CCC(c2nc(C3=NOC(c4c(Cl)cc(Cl)cc4Cl)C3)cs2)CC1. The van der Waals surface area contributed by atoms with E-state index in [-0.39, 0.29) is 23.9 Å². The summed E-state index contributed by atoms with van der Waals surface area (Å²) in [4.78, 5) is 36.9. The van der Waals surface area contributed by atoms with Gasteiger partial charge in [0.15, 0.2) is 6.10 Å². The highest BCUT2D eigenvalue weighted by Crippen LogP contribution is 2.40. The van der Waals surface area contributed by atoms with Crippen LogP contribution < -0.4 is 5.56 Å². The van der Waals surface area contributed by atoms with Gasteiger partial charge in [0.25, 0.3) is 5.56 Å². The lowest BCUT2D eigenvalue weighted by atomic mass is 9.97. The zero-order chi connectivity index (χ0) is 25.4. The molecule has 1 aromatic carbocycles. The summed E-state index contributed by atoms with van der Waals surface area (Å²) in [6.07, 6.45) is 3.18. The molecule has 1 unspecified atom stereocenters. The van der Waals surface area contributed by atoms with E-state index in [2.05, 4.69) is 5.16 Å². The van der Waals surface area contributed by atoms with Crippen LogP contribution in [0.2, 0.25) is 20.1 Å². The van der Waals surface area contributed by atoms with E-state index in [0.29, 0.717) is 45.2 Å². The monoisotopic (exact) mass is 584 g/mol. The molecule has 0 spiro atoms. The average molecular weight is 586 g/mol. The van der Waals surface area contributed by atoms with E-state index in [1.807, 2.05) is 5.38 Å². The molecule has 7 nitrogen and oxygen atoms in total. The van der Waals surface area contributed by atoms with E-state index in [1.54, 1.807) is 28.4 Å². The maximum absolute atomic E-state index is 12.7. The molecular formula is C24H20Cl4N4O3S. The van der Waals surface area contributed by atoms with Gasteiger partial charge in [0.05, 0.1) is 25.8 Å². The van der Waals surface area contributed by atoms with Crippen LogP contribution in [0.4, 0.5) is 0 Å². The quantitative estimate of drug-likeness (QED) is 0.358. The molecule has 5 rings (SSSR count). The number of hydrogen-bond donors (Lipinski definition) is 0. The van der Waals surface area contributed by atoms with Gasteiger partial charge in [-0.15, -0.1) is 11.3 Å². The highest BCUT2D eigenvalue weighted by Gasteiger charge is 2.31. The summed E-state index contributed by atoms with van der Waals surface area (Å²) >= 11 is 26.2. The molecule has 0 radical (unpaired) electrons. The van der Waals surface area contributed by atoms with Crippen molar-refractivity contribution in [1.29, 1.82) is 0 Å². The van der Waals surface area contributed by atoms with E-state index in [9.17, 15) is 9.59 Å². The second-order valence-electron chi connectivity index (χ2n) is 8.66. The molecule has 36 heavy (non-hydrogen) atoms. The molecule has 2 aromatic heterocycles. The minimum absolute atomic E-state index is 0.0197. The van der Waals surface area contributed by atoms with E-state index in [1.165, 1.54) is 22.9 Å². The minimum Gasteiger partial charge on any atom is -0.387 e. The van der Waals surface area contributed by atoms with Crippen molar-refractivity contribution in [1.82, 2.24) is 14.5 Å². The van der Waals surface area contributed by atoms with E-state index < -0.39 is 6.10 Å². The average Bonchev–Trinajstić information content (AvgIpc) is 3.51. The van der Waals surface area contributed by atoms with Crippen molar-refractivity contribution in [3.8, 4) is 0 Å². The van der Waals surface area contributed by atoms with Crippen molar-refractivity contribution in [2.75, 3.05) is 13.1 Å². The number of pyridine rings is 1. The van der Waals surface area contributed by atoms with Crippen LogP contribution in [0.25, 0.3) is 0 Å². The molecule has 1 atom stereocenters. The molecule has 0 N–H and O–H groups in total. The second-order valence-corrected chi connectivity index (χ2v) is 11.2. The Hall–Kier alpha value is -2.10. The van der Waals surface area contributed by atoms with Crippen LogP contribution in [0.1, 0.15) is 47.5 Å². The molecular weight excluding hydrogens is 566 g/mol. The highest BCUT2D eigenvalue weighted by atomic mass is 35.5. The van der Waals surface area contributed by atoms with Gasteiger partial charge in [0.2, 0.25) is 5.91 Å². The molecule has 0 bridgehead atoms. The Bertz CT molecular complexity index is 1370. The third kappa shape index (κ3) is 5.43. The predicted molar refractivity (Wildman–Crippen MR) is 143 cm³/mol. The number of aromatic nitrogens is 2. The van der Waals surface area contributed by atoms with Crippen LogP contribution in [-0.2, 0) is 16.2 Å². The highest BCUT2D eigenvalue weighted by molar-refractivity contribution is 7.10. The first-order chi connectivity index (χ1) is 17.3. The van der Waals surface area contributed by atoms with Crippen molar-refractivity contribution < 1.29 is 9.63 Å². The Morgan fingerprint density at radius 3 is 2.53 bits per heavy atom. The number of thiazole rings is 1. The number of carbonyl (C=O) groups is 1. The lowest BCUT2D eigenvalue weighted by molar-refractivity contribution is -0.132. The largest absolute Gasteiger partial charge is 0.387 e. The normalized spacial score (nSPS) is 18.3. The van der Waals surface area contributed by atoms with Gasteiger partial charge in [-0.05, 0) is 31.0 Å². The number of hydrogen-bond acceptors (Lipinski definition) is 6. The van der Waals surface area contributed by atoms with Crippen molar-refractivity contribution in [2.45, 2.75) is 37.8 Å². The number of rotatable bonds is 5. The number of halogens is 4. The predicted octanol–water partition coefficient (Wildman–Crippen LogP) is 6.19. The van der Waals surface area contributed by atoms with Gasteiger partial charge in [0, 0.05) is 53.7 Å². The Balaban J connectivity index is 1.18. The van der Waals surface area contributed by atoms with Gasteiger partial charge < -0.3 is 14.3 Å². The Labute approximate surface area is 231 Å². The first-order valence-electron chi connectivity index (χ1n) is 11.2. The van der Waals surface area contributed by atoms with Crippen molar-refractivity contribution in [3.63, 3.8) is 0 Å². The Morgan fingerprint density at radius 1 is 1.08 bits per heavy atom. The molecule has 12 heteroatoms. The number of carbonyl (C=O) groups excluding carboxylic acids is 1. The van der Waals surface area contributed by atoms with Crippen LogP contribution in [0.3, 0.4) is 0 Å². The van der Waals surface area contributed by atoms with E-state index in [4.69, 9.17) is 56.2 Å². The van der Waals surface area contributed by atoms with E-state index >= 15 is 0 Å². The summed E-state index contributed by atoms with van der Waals surface area (Å²) in [5, 5.41) is 8.99. The Morgan fingerprint density at radius 2 is 1.81 bits per heavy atom. The zero-order valence-electron chi connectivity index (χ0n) is 18.8. The molecule has 4 heterocycles. The topological polar surface area (TPSA) is 76.8 Å². The number of piperidine rings is 1. The number of amides is 1. The van der Waals surface area contributed by atoms with Crippen molar-refractivity contribution in [3.05, 3.63) is 82.6 Å². The summed E-state index contributed by atoms with van der Waals surface area (Å²) in [6, 6.07) is 6.15. The maximum atomic E-state index is 12.7. The summed E-state index contributed by atoms with van der Waals surface area (Å²) in [5.74, 6) is 0.154. The lowest BCUT2D eigenvalue weighted by Gasteiger charge is -2.31. The number of benzene rings is 1. The van der Waals surface area contributed by atoms with Crippen LogP contribution in [0, 0.1) is 0 Å². The van der Waals surface area contributed by atoms with Gasteiger partial charge >= 0.3 is 0 Å². The van der Waals surface area contributed by atoms with Crippen LogP contribution in [0.5, 0.6) is 0 Å². The standard InChI is InChI=1S/C24H20Cl4N4O3S/c25-14-1-2-21(33)32(10-14)11-22(34)31-5-3-13(4-6-31)24-29-19(12-36-24)18-9-20(35-30-18)23-16(27)7-15(26)8-17(23)28/h1-2,7-8,10,12-13,20H,3-6,9,11H2. The molecule has 2 aliphatic rings. The third-order valence-corrected chi connectivity index (χ3v) is 8.38. The second kappa shape index (κ2) is 10.7. The number of oxime groups is 1. The van der Waals surface area contributed by atoms with Gasteiger partial charge in [-0.3, -0.25) is 9.59 Å². The Kier molecular flexibility index (Phi) is 7.60. The fourth-order valence-corrected chi connectivity index (χ4v) is 6.64. The molecule has 1 fully saturated rings. The van der Waals surface area contributed by atoms with Crippen LogP contribution in [-0.4, -0.2) is 39.2 Å². The summed E-state index contributed by atoms with van der Waals surface area (Å²) in [5.41, 5.74) is 1.93. The fourth-order valence-electron chi connectivity index (χ4n) is 4.40. The molecule has 3 aromatic rings. The molecule has 2 aliphatic heterocycles. The molecule has 0 saturated carbocycles. The van der Waals surface area contributed by atoms with Gasteiger partial charge in [-0.25, -0.2) is 4.98 Å². The fraction of sp³-hybridized carbons (Fsp3) is 0.333. The summed E-state index contributed by atoms with van der Waals surface area (Å²) in [7, 11) is 0. The molecule has 0 aliphatic carbocycles. The van der Waals surface area contributed by atoms with Crippen LogP contribution in [0.15, 0.2) is 45.8 Å². The third-order valence-electron chi connectivity index (χ3n) is 6.30. The minimum atomic E-state index is -0.399. The molecule has 1 amide bonds. The lowest BCUT2D eigenvalue weighted by Crippen LogP contribution is -2.41. The first-order valence-corrected chi connectivity index (χ1v) is 13.6. The van der Waals surface area contributed by atoms with Gasteiger partial charge in [-0.1, -0.05) is 51.6 Å². The molecule has 1 saturated heterocycles. The summed E-state index contributed by atoms with van der Waals surface area (Å²) < 4.78 is 1.34.